The zero-order valence-electron chi connectivity index (χ0n) is 14.5. The number of hydrogen-bond donors (Lipinski definition) is 3. The van der Waals surface area contributed by atoms with Gasteiger partial charge in [0.2, 0.25) is 5.95 Å². The van der Waals surface area contributed by atoms with E-state index in [1.54, 1.807) is 24.3 Å². The summed E-state index contributed by atoms with van der Waals surface area (Å²) in [6.45, 7) is -0.0432. The van der Waals surface area contributed by atoms with Gasteiger partial charge in [0.15, 0.2) is 0 Å². The Hall–Kier alpha value is -3.20. The number of rotatable bonds is 6. The van der Waals surface area contributed by atoms with Gasteiger partial charge in [0.05, 0.1) is 23.6 Å². The molecule has 3 N–H and O–H groups in total. The Morgan fingerprint density at radius 2 is 1.71 bits per heavy atom. The fraction of sp³-hybridized carbons (Fsp3) is 0.158. The quantitative estimate of drug-likeness (QED) is 0.541. The number of para-hydroxylation sites is 1. The summed E-state index contributed by atoms with van der Waals surface area (Å²) >= 11 is 0. The normalized spacial score (nSPS) is 11.3. The number of benzene rings is 2. The van der Waals surface area contributed by atoms with Crippen LogP contribution in [-0.4, -0.2) is 28.2 Å². The molecule has 9 heteroatoms. The molecule has 0 spiro atoms. The lowest BCUT2D eigenvalue weighted by molar-refractivity contribution is -0.137. The smallest absolute Gasteiger partial charge is 0.395 e. The van der Waals surface area contributed by atoms with Gasteiger partial charge in [-0.2, -0.15) is 18.2 Å². The highest BCUT2D eigenvalue weighted by molar-refractivity contribution is 5.69. The molecule has 0 aliphatic rings. The molecule has 0 atom stereocenters. The first-order chi connectivity index (χ1) is 13.4. The first kappa shape index (κ1) is 19.6. The van der Waals surface area contributed by atoms with Gasteiger partial charge >= 0.3 is 6.18 Å². The lowest BCUT2D eigenvalue weighted by atomic mass is 10.1. The molecule has 3 aromatic rings. The van der Waals surface area contributed by atoms with Crippen molar-refractivity contribution in [2.24, 2.45) is 0 Å². The number of nitrogens with one attached hydrogen (secondary N) is 2. The maximum atomic E-state index is 14.1. The SMILES string of the molecule is OCCNc1nc(Nc2c(F)cccc2C(F)(F)F)cc(-c2ccccc2)n1. The van der Waals surface area contributed by atoms with Crippen LogP contribution in [0.2, 0.25) is 0 Å². The highest BCUT2D eigenvalue weighted by Crippen LogP contribution is 2.37. The topological polar surface area (TPSA) is 70.1 Å². The highest BCUT2D eigenvalue weighted by Gasteiger charge is 2.35. The summed E-state index contributed by atoms with van der Waals surface area (Å²) in [4.78, 5) is 8.36. The van der Waals surface area contributed by atoms with Gasteiger partial charge in [-0.3, -0.25) is 0 Å². The van der Waals surface area contributed by atoms with E-state index >= 15 is 0 Å². The van der Waals surface area contributed by atoms with E-state index in [2.05, 4.69) is 20.6 Å². The third-order valence-corrected chi connectivity index (χ3v) is 3.76. The van der Waals surface area contributed by atoms with Crippen molar-refractivity contribution < 1.29 is 22.7 Å². The highest BCUT2D eigenvalue weighted by atomic mass is 19.4. The molecule has 28 heavy (non-hydrogen) atoms. The molecule has 1 aromatic heterocycles. The maximum Gasteiger partial charge on any atom is 0.418 e. The van der Waals surface area contributed by atoms with Gasteiger partial charge in [-0.1, -0.05) is 36.4 Å². The molecular formula is C19H16F4N4O. The minimum absolute atomic E-state index is 0.0232. The number of aliphatic hydroxyl groups is 1. The summed E-state index contributed by atoms with van der Waals surface area (Å²) in [5.74, 6) is -0.993. The Labute approximate surface area is 158 Å². The van der Waals surface area contributed by atoms with Crippen LogP contribution in [0.4, 0.5) is 35.0 Å². The maximum absolute atomic E-state index is 14.1. The molecule has 0 aliphatic carbocycles. The van der Waals surface area contributed by atoms with E-state index in [4.69, 9.17) is 5.11 Å². The van der Waals surface area contributed by atoms with Crippen molar-refractivity contribution in [3.05, 3.63) is 66.0 Å². The van der Waals surface area contributed by atoms with E-state index in [0.29, 0.717) is 11.3 Å². The lowest BCUT2D eigenvalue weighted by Crippen LogP contribution is -2.12. The molecule has 1 heterocycles. The first-order valence-corrected chi connectivity index (χ1v) is 8.30. The van der Waals surface area contributed by atoms with E-state index in [-0.39, 0.29) is 24.9 Å². The van der Waals surface area contributed by atoms with Gasteiger partial charge in [0.1, 0.15) is 11.6 Å². The number of nitrogens with zero attached hydrogens (tertiary/aromatic N) is 2. The zero-order valence-corrected chi connectivity index (χ0v) is 14.5. The number of aromatic nitrogens is 2. The third kappa shape index (κ3) is 4.55. The second kappa shape index (κ2) is 8.22. The molecule has 2 aromatic carbocycles. The molecule has 0 aliphatic heterocycles. The van der Waals surface area contributed by atoms with Gasteiger partial charge in [0.25, 0.3) is 0 Å². The Balaban J connectivity index is 2.05. The summed E-state index contributed by atoms with van der Waals surface area (Å²) in [7, 11) is 0. The number of alkyl halides is 3. The molecule has 5 nitrogen and oxygen atoms in total. The number of hydrogen-bond acceptors (Lipinski definition) is 5. The van der Waals surface area contributed by atoms with Crippen LogP contribution < -0.4 is 10.6 Å². The van der Waals surface area contributed by atoms with E-state index in [0.717, 1.165) is 18.2 Å². The van der Waals surface area contributed by atoms with Crippen molar-refractivity contribution >= 4 is 17.5 Å². The lowest BCUT2D eigenvalue weighted by Gasteiger charge is -2.16. The van der Waals surface area contributed by atoms with Crippen molar-refractivity contribution in [1.82, 2.24) is 9.97 Å². The van der Waals surface area contributed by atoms with Crippen LogP contribution in [0, 0.1) is 5.82 Å². The molecule has 0 bridgehead atoms. The standard InChI is InChI=1S/C19H16F4N4O/c20-14-8-4-7-13(19(21,22)23)17(14)26-16-11-15(12-5-2-1-3-6-12)25-18(27-16)24-9-10-28/h1-8,11,28H,9-10H2,(H2,24,25,26,27). The number of anilines is 3. The molecule has 0 saturated heterocycles. The van der Waals surface area contributed by atoms with Gasteiger partial charge in [0, 0.05) is 18.2 Å². The zero-order chi connectivity index (χ0) is 20.1. The van der Waals surface area contributed by atoms with Crippen LogP contribution in [-0.2, 0) is 6.18 Å². The average molecular weight is 392 g/mol. The Kier molecular flexibility index (Phi) is 5.74. The van der Waals surface area contributed by atoms with Gasteiger partial charge in [-0.25, -0.2) is 9.37 Å². The number of halogens is 4. The van der Waals surface area contributed by atoms with E-state index in [1.165, 1.54) is 6.07 Å². The Morgan fingerprint density at radius 3 is 2.39 bits per heavy atom. The van der Waals surface area contributed by atoms with Crippen LogP contribution in [0.3, 0.4) is 0 Å². The number of aliphatic hydroxyl groups excluding tert-OH is 1. The van der Waals surface area contributed by atoms with Crippen molar-refractivity contribution in [2.45, 2.75) is 6.18 Å². The summed E-state index contributed by atoms with van der Waals surface area (Å²) in [5, 5.41) is 14.2. The van der Waals surface area contributed by atoms with Crippen LogP contribution in [0.25, 0.3) is 11.3 Å². The minimum Gasteiger partial charge on any atom is -0.395 e. The first-order valence-electron chi connectivity index (χ1n) is 8.30. The average Bonchev–Trinajstić information content (AvgIpc) is 2.67. The van der Waals surface area contributed by atoms with Gasteiger partial charge in [-0.15, -0.1) is 0 Å². The molecule has 0 unspecified atom stereocenters. The molecule has 146 valence electrons. The van der Waals surface area contributed by atoms with Crippen molar-refractivity contribution in [3.63, 3.8) is 0 Å². The summed E-state index contributed by atoms with van der Waals surface area (Å²) in [6, 6.07) is 13.0. The molecule has 0 saturated carbocycles. The van der Waals surface area contributed by atoms with E-state index < -0.39 is 23.2 Å². The van der Waals surface area contributed by atoms with Gasteiger partial charge < -0.3 is 15.7 Å². The van der Waals surface area contributed by atoms with Gasteiger partial charge in [-0.05, 0) is 12.1 Å². The second-order valence-electron chi connectivity index (χ2n) is 5.76. The molecule has 3 rings (SSSR count). The van der Waals surface area contributed by atoms with E-state index in [1.807, 2.05) is 6.07 Å². The van der Waals surface area contributed by atoms with Crippen LogP contribution in [0.5, 0.6) is 0 Å². The van der Waals surface area contributed by atoms with Crippen molar-refractivity contribution in [1.29, 1.82) is 0 Å². The fourth-order valence-electron chi connectivity index (χ4n) is 2.53. The molecule has 0 radical (unpaired) electrons. The van der Waals surface area contributed by atoms with E-state index in [9.17, 15) is 17.6 Å². The fourth-order valence-corrected chi connectivity index (χ4v) is 2.53. The molecular weight excluding hydrogens is 376 g/mol. The Morgan fingerprint density at radius 1 is 0.964 bits per heavy atom. The third-order valence-electron chi connectivity index (χ3n) is 3.76. The molecule has 0 fully saturated rings. The largest absolute Gasteiger partial charge is 0.418 e. The molecule has 0 amide bonds. The monoisotopic (exact) mass is 392 g/mol. The predicted molar refractivity (Wildman–Crippen MR) is 97.7 cm³/mol. The van der Waals surface area contributed by atoms with Crippen LogP contribution in [0.15, 0.2) is 54.6 Å². The van der Waals surface area contributed by atoms with Crippen LogP contribution in [0.1, 0.15) is 5.56 Å². The van der Waals surface area contributed by atoms with Crippen molar-refractivity contribution in [3.8, 4) is 11.3 Å². The predicted octanol–water partition coefficient (Wildman–Crippen LogP) is 4.45. The summed E-state index contributed by atoms with van der Waals surface area (Å²) < 4.78 is 53.9. The summed E-state index contributed by atoms with van der Waals surface area (Å²) in [6.07, 6.45) is -4.74. The summed E-state index contributed by atoms with van der Waals surface area (Å²) in [5.41, 5.74) is -0.744. The minimum atomic E-state index is -4.74. The Bertz CT molecular complexity index is 948. The van der Waals surface area contributed by atoms with Crippen molar-refractivity contribution in [2.75, 3.05) is 23.8 Å². The second-order valence-corrected chi connectivity index (χ2v) is 5.76. The van der Waals surface area contributed by atoms with Crippen LogP contribution >= 0.6 is 0 Å².